The molecule has 0 bridgehead atoms. The first-order valence-electron chi connectivity index (χ1n) is 9.80. The van der Waals surface area contributed by atoms with Crippen molar-refractivity contribution in [3.05, 3.63) is 70.3 Å². The SMILES string of the molecule is Cc1ccc(NC(=S)N(Cc2nc3ccccc3c(=O)[nH]2)C[C@@H]2CCCO2)cc1. The van der Waals surface area contributed by atoms with Gasteiger partial charge in [-0.05, 0) is 56.2 Å². The Balaban J connectivity index is 1.57. The molecule has 3 aromatic rings. The van der Waals surface area contributed by atoms with Gasteiger partial charge in [0.1, 0.15) is 5.82 Å². The molecule has 1 saturated heterocycles. The van der Waals surface area contributed by atoms with Crippen LogP contribution in [0.15, 0.2) is 53.3 Å². The lowest BCUT2D eigenvalue weighted by Crippen LogP contribution is -2.40. The summed E-state index contributed by atoms with van der Waals surface area (Å²) in [5.41, 5.74) is 2.66. The quantitative estimate of drug-likeness (QED) is 0.629. The molecule has 1 aliphatic rings. The average molecular weight is 409 g/mol. The van der Waals surface area contributed by atoms with Gasteiger partial charge in [0.2, 0.25) is 0 Å². The fraction of sp³-hybridized carbons (Fsp3) is 0.318. The summed E-state index contributed by atoms with van der Waals surface area (Å²) in [6.07, 6.45) is 2.19. The molecule has 0 spiro atoms. The van der Waals surface area contributed by atoms with Crippen LogP contribution >= 0.6 is 12.2 Å². The molecule has 29 heavy (non-hydrogen) atoms. The molecule has 2 aromatic carbocycles. The molecular formula is C22H24N4O2S. The molecule has 6 nitrogen and oxygen atoms in total. The normalized spacial score (nSPS) is 16.1. The molecule has 1 aliphatic heterocycles. The third-order valence-corrected chi connectivity index (χ3v) is 5.40. The Morgan fingerprint density at radius 2 is 2.07 bits per heavy atom. The molecule has 2 heterocycles. The smallest absolute Gasteiger partial charge is 0.258 e. The van der Waals surface area contributed by atoms with Crippen LogP contribution in [0.1, 0.15) is 24.2 Å². The van der Waals surface area contributed by atoms with Gasteiger partial charge in [-0.3, -0.25) is 4.79 Å². The van der Waals surface area contributed by atoms with Crippen molar-refractivity contribution in [2.24, 2.45) is 0 Å². The number of nitrogens with zero attached hydrogens (tertiary/aromatic N) is 2. The molecule has 1 aromatic heterocycles. The zero-order valence-electron chi connectivity index (χ0n) is 16.4. The second-order valence-corrected chi connectivity index (χ2v) is 7.73. The van der Waals surface area contributed by atoms with Crippen molar-refractivity contribution < 1.29 is 4.74 Å². The van der Waals surface area contributed by atoms with Crippen molar-refractivity contribution >= 4 is 33.9 Å². The van der Waals surface area contributed by atoms with Crippen LogP contribution < -0.4 is 10.9 Å². The fourth-order valence-corrected chi connectivity index (χ4v) is 3.74. The highest BCUT2D eigenvalue weighted by atomic mass is 32.1. The molecule has 0 aliphatic carbocycles. The average Bonchev–Trinajstić information content (AvgIpc) is 3.22. The van der Waals surface area contributed by atoms with E-state index in [0.29, 0.717) is 34.9 Å². The highest BCUT2D eigenvalue weighted by molar-refractivity contribution is 7.80. The van der Waals surface area contributed by atoms with Gasteiger partial charge in [0.15, 0.2) is 5.11 Å². The molecule has 150 valence electrons. The molecule has 0 saturated carbocycles. The Bertz CT molecular complexity index is 1060. The van der Waals surface area contributed by atoms with E-state index in [1.807, 2.05) is 54.3 Å². The van der Waals surface area contributed by atoms with E-state index in [9.17, 15) is 4.79 Å². The highest BCUT2D eigenvalue weighted by Crippen LogP contribution is 2.17. The Morgan fingerprint density at radius 1 is 1.28 bits per heavy atom. The second kappa shape index (κ2) is 8.71. The third-order valence-electron chi connectivity index (χ3n) is 5.04. The minimum absolute atomic E-state index is 0.125. The number of aromatic amines is 1. The van der Waals surface area contributed by atoms with Gasteiger partial charge in [0.05, 0.1) is 23.6 Å². The number of benzene rings is 2. The molecule has 4 rings (SSSR count). The molecule has 0 radical (unpaired) electrons. The van der Waals surface area contributed by atoms with Crippen molar-refractivity contribution in [2.45, 2.75) is 32.4 Å². The number of hydrogen-bond donors (Lipinski definition) is 2. The summed E-state index contributed by atoms with van der Waals surface area (Å²) in [4.78, 5) is 22.0. The molecular weight excluding hydrogens is 384 g/mol. The zero-order valence-corrected chi connectivity index (χ0v) is 17.2. The van der Waals surface area contributed by atoms with Crippen LogP contribution in [0.3, 0.4) is 0 Å². The van der Waals surface area contributed by atoms with Crippen LogP contribution in [-0.4, -0.2) is 39.2 Å². The van der Waals surface area contributed by atoms with E-state index in [1.165, 1.54) is 5.56 Å². The number of aryl methyl sites for hydroxylation is 1. The van der Waals surface area contributed by atoms with E-state index in [2.05, 4.69) is 15.3 Å². The molecule has 7 heteroatoms. The van der Waals surface area contributed by atoms with E-state index in [4.69, 9.17) is 17.0 Å². The zero-order chi connectivity index (χ0) is 20.2. The predicted molar refractivity (Wildman–Crippen MR) is 119 cm³/mol. The third kappa shape index (κ3) is 4.81. The Hall–Kier alpha value is -2.77. The van der Waals surface area contributed by atoms with E-state index in [0.717, 1.165) is 25.1 Å². The van der Waals surface area contributed by atoms with Crippen molar-refractivity contribution in [3.8, 4) is 0 Å². The summed E-state index contributed by atoms with van der Waals surface area (Å²) >= 11 is 5.69. The number of fused-ring (bicyclic) bond motifs is 1. The number of H-pyrrole nitrogens is 1. The first-order chi connectivity index (χ1) is 14.1. The Morgan fingerprint density at radius 3 is 2.83 bits per heavy atom. The minimum Gasteiger partial charge on any atom is -0.376 e. The minimum atomic E-state index is -0.139. The van der Waals surface area contributed by atoms with Gasteiger partial charge in [-0.25, -0.2) is 4.98 Å². The largest absolute Gasteiger partial charge is 0.376 e. The highest BCUT2D eigenvalue weighted by Gasteiger charge is 2.22. The van der Waals surface area contributed by atoms with Crippen LogP contribution in [0.25, 0.3) is 10.9 Å². The fourth-order valence-electron chi connectivity index (χ4n) is 3.48. The van der Waals surface area contributed by atoms with E-state index < -0.39 is 0 Å². The van der Waals surface area contributed by atoms with E-state index in [1.54, 1.807) is 6.07 Å². The number of nitrogens with one attached hydrogen (secondary N) is 2. The van der Waals surface area contributed by atoms with Crippen LogP contribution in [0.5, 0.6) is 0 Å². The van der Waals surface area contributed by atoms with Gasteiger partial charge in [0.25, 0.3) is 5.56 Å². The van der Waals surface area contributed by atoms with Gasteiger partial charge in [0, 0.05) is 18.8 Å². The van der Waals surface area contributed by atoms with Crippen molar-refractivity contribution in [1.82, 2.24) is 14.9 Å². The number of hydrogen-bond acceptors (Lipinski definition) is 4. The monoisotopic (exact) mass is 408 g/mol. The lowest BCUT2D eigenvalue weighted by molar-refractivity contribution is 0.0900. The Labute approximate surface area is 174 Å². The molecule has 1 fully saturated rings. The summed E-state index contributed by atoms with van der Waals surface area (Å²) < 4.78 is 5.81. The summed E-state index contributed by atoms with van der Waals surface area (Å²) in [6, 6.07) is 15.4. The lowest BCUT2D eigenvalue weighted by atomic mass is 10.2. The number of ether oxygens (including phenoxy) is 1. The van der Waals surface area contributed by atoms with Crippen molar-refractivity contribution in [3.63, 3.8) is 0 Å². The van der Waals surface area contributed by atoms with E-state index in [-0.39, 0.29) is 11.7 Å². The van der Waals surface area contributed by atoms with Gasteiger partial charge in [-0.15, -0.1) is 0 Å². The van der Waals surface area contributed by atoms with Gasteiger partial charge < -0.3 is 19.9 Å². The maximum Gasteiger partial charge on any atom is 0.258 e. The number of rotatable bonds is 5. The summed E-state index contributed by atoms with van der Waals surface area (Å²) in [6.45, 7) is 3.88. The first-order valence-corrected chi connectivity index (χ1v) is 10.2. The molecule has 0 unspecified atom stereocenters. The van der Waals surface area contributed by atoms with Gasteiger partial charge in [-0.1, -0.05) is 29.8 Å². The first kappa shape index (κ1) is 19.5. The van der Waals surface area contributed by atoms with Gasteiger partial charge >= 0.3 is 0 Å². The van der Waals surface area contributed by atoms with Crippen LogP contribution in [0, 0.1) is 6.92 Å². The predicted octanol–water partition coefficient (Wildman–Crippen LogP) is 3.61. The van der Waals surface area contributed by atoms with Crippen LogP contribution in [0.2, 0.25) is 0 Å². The van der Waals surface area contributed by atoms with Crippen LogP contribution in [-0.2, 0) is 11.3 Å². The molecule has 1 atom stereocenters. The topological polar surface area (TPSA) is 70.2 Å². The maximum atomic E-state index is 12.4. The standard InChI is InChI=1S/C22H24N4O2S/c1-15-8-10-16(11-9-15)23-22(29)26(13-17-5-4-12-28-17)14-20-24-19-7-3-2-6-18(19)21(27)25-20/h2-3,6-11,17H,4-5,12-14H2,1H3,(H,23,29)(H,24,25,27)/t17-/m0/s1. The summed E-state index contributed by atoms with van der Waals surface area (Å²) in [5.74, 6) is 0.583. The summed E-state index contributed by atoms with van der Waals surface area (Å²) in [5, 5.41) is 4.47. The molecule has 0 amide bonds. The van der Waals surface area contributed by atoms with Crippen molar-refractivity contribution in [2.75, 3.05) is 18.5 Å². The molecule has 2 N–H and O–H groups in total. The van der Waals surface area contributed by atoms with E-state index >= 15 is 0 Å². The van der Waals surface area contributed by atoms with Crippen molar-refractivity contribution in [1.29, 1.82) is 0 Å². The second-order valence-electron chi connectivity index (χ2n) is 7.34. The Kier molecular flexibility index (Phi) is 5.87. The summed E-state index contributed by atoms with van der Waals surface area (Å²) in [7, 11) is 0. The maximum absolute atomic E-state index is 12.4. The number of anilines is 1. The number of thiocarbonyl (C=S) groups is 1. The van der Waals surface area contributed by atoms with Gasteiger partial charge in [-0.2, -0.15) is 0 Å². The lowest BCUT2D eigenvalue weighted by Gasteiger charge is -2.28. The van der Waals surface area contributed by atoms with Crippen LogP contribution in [0.4, 0.5) is 5.69 Å². The number of aromatic nitrogens is 2. The number of para-hydroxylation sites is 1.